The second-order valence-corrected chi connectivity index (χ2v) is 6.58. The highest BCUT2D eigenvalue weighted by Crippen LogP contribution is 2.29. The Kier molecular flexibility index (Phi) is 10.0. The molecule has 2 rings (SSSR count). The van der Waals surface area contributed by atoms with Crippen molar-refractivity contribution >= 4 is 29.9 Å². The Hall–Kier alpha value is -1.18. The number of nitrogens with one attached hydrogen (secondary N) is 2. The second-order valence-electron chi connectivity index (χ2n) is 6.58. The molecule has 6 heteroatoms. The summed E-state index contributed by atoms with van der Waals surface area (Å²) in [6.45, 7) is 5.88. The molecule has 0 aliphatic heterocycles. The van der Waals surface area contributed by atoms with Gasteiger partial charge in [-0.1, -0.05) is 19.1 Å². The number of aliphatic imine (C=N–C) groups is 1. The van der Waals surface area contributed by atoms with Crippen molar-refractivity contribution in [3.63, 3.8) is 0 Å². The average molecular weight is 461 g/mol. The van der Waals surface area contributed by atoms with Crippen LogP contribution in [0, 0.1) is 5.92 Å². The molecule has 0 heterocycles. The second kappa shape index (κ2) is 11.4. The lowest BCUT2D eigenvalue weighted by Gasteiger charge is -2.28. The van der Waals surface area contributed by atoms with E-state index in [1.54, 1.807) is 13.2 Å². The van der Waals surface area contributed by atoms with E-state index in [4.69, 9.17) is 4.74 Å². The SMILES string of the molecule is CCNC(=NCCc1cccc(OC)c1O)NC1CCC(C)CC1.I. The standard InChI is InChI=1S/C19H31N3O2.HI/c1-4-20-19(22-16-10-8-14(2)9-11-16)21-13-12-15-6-5-7-17(24-3)18(15)23;/h5-7,14,16,23H,4,8-13H2,1-3H3,(H2,20,21,22);1H. The van der Waals surface area contributed by atoms with Crippen LogP contribution in [-0.2, 0) is 6.42 Å². The Morgan fingerprint density at radius 2 is 2.00 bits per heavy atom. The number of hydrogen-bond acceptors (Lipinski definition) is 3. The van der Waals surface area contributed by atoms with Gasteiger partial charge < -0.3 is 20.5 Å². The van der Waals surface area contributed by atoms with E-state index in [-0.39, 0.29) is 29.7 Å². The van der Waals surface area contributed by atoms with Crippen LogP contribution in [0.1, 0.15) is 45.1 Å². The summed E-state index contributed by atoms with van der Waals surface area (Å²) in [7, 11) is 1.56. The zero-order chi connectivity index (χ0) is 17.4. The van der Waals surface area contributed by atoms with Gasteiger partial charge in [-0.25, -0.2) is 0 Å². The summed E-state index contributed by atoms with van der Waals surface area (Å²) >= 11 is 0. The predicted molar refractivity (Wildman–Crippen MR) is 114 cm³/mol. The number of phenols is 1. The summed E-state index contributed by atoms with van der Waals surface area (Å²) in [5.74, 6) is 2.45. The van der Waals surface area contributed by atoms with Crippen molar-refractivity contribution < 1.29 is 9.84 Å². The number of aromatic hydroxyl groups is 1. The number of benzene rings is 1. The van der Waals surface area contributed by atoms with E-state index in [9.17, 15) is 5.11 Å². The van der Waals surface area contributed by atoms with Crippen molar-refractivity contribution in [2.75, 3.05) is 20.2 Å². The van der Waals surface area contributed by atoms with Gasteiger partial charge in [-0.15, -0.1) is 24.0 Å². The molecule has 142 valence electrons. The molecule has 3 N–H and O–H groups in total. The Labute approximate surface area is 168 Å². The lowest BCUT2D eigenvalue weighted by molar-refractivity contribution is 0.329. The Bertz CT molecular complexity index is 543. The average Bonchev–Trinajstić information content (AvgIpc) is 2.58. The highest BCUT2D eigenvalue weighted by Gasteiger charge is 2.18. The highest BCUT2D eigenvalue weighted by molar-refractivity contribution is 14.0. The van der Waals surface area contributed by atoms with Crippen molar-refractivity contribution in [1.82, 2.24) is 10.6 Å². The fourth-order valence-corrected chi connectivity index (χ4v) is 3.14. The Morgan fingerprint density at radius 3 is 2.64 bits per heavy atom. The molecule has 0 unspecified atom stereocenters. The molecule has 0 radical (unpaired) electrons. The van der Waals surface area contributed by atoms with Crippen molar-refractivity contribution in [2.45, 2.75) is 52.0 Å². The zero-order valence-corrected chi connectivity index (χ0v) is 17.9. The number of para-hydroxylation sites is 1. The van der Waals surface area contributed by atoms with Gasteiger partial charge in [-0.2, -0.15) is 0 Å². The lowest BCUT2D eigenvalue weighted by atomic mass is 9.87. The minimum Gasteiger partial charge on any atom is -0.504 e. The molecular formula is C19H32IN3O2. The first-order chi connectivity index (χ1) is 11.6. The molecule has 1 saturated carbocycles. The van der Waals surface area contributed by atoms with Crippen LogP contribution in [-0.4, -0.2) is 37.3 Å². The van der Waals surface area contributed by atoms with Crippen LogP contribution in [0.25, 0.3) is 0 Å². The smallest absolute Gasteiger partial charge is 0.191 e. The van der Waals surface area contributed by atoms with Gasteiger partial charge in [-0.05, 0) is 56.6 Å². The van der Waals surface area contributed by atoms with Crippen LogP contribution in [0.4, 0.5) is 0 Å². The van der Waals surface area contributed by atoms with Crippen LogP contribution in [0.2, 0.25) is 0 Å². The van der Waals surface area contributed by atoms with Gasteiger partial charge in [0.2, 0.25) is 0 Å². The van der Waals surface area contributed by atoms with Crippen molar-refractivity contribution in [1.29, 1.82) is 0 Å². The topological polar surface area (TPSA) is 65.9 Å². The maximum atomic E-state index is 10.1. The maximum absolute atomic E-state index is 10.1. The summed E-state index contributed by atoms with van der Waals surface area (Å²) in [5.41, 5.74) is 0.862. The van der Waals surface area contributed by atoms with Crippen LogP contribution in [0.5, 0.6) is 11.5 Å². The maximum Gasteiger partial charge on any atom is 0.191 e. The van der Waals surface area contributed by atoms with Gasteiger partial charge in [0.1, 0.15) is 0 Å². The van der Waals surface area contributed by atoms with Gasteiger partial charge in [0.05, 0.1) is 7.11 Å². The summed E-state index contributed by atoms with van der Waals surface area (Å²) in [4.78, 5) is 4.66. The van der Waals surface area contributed by atoms with E-state index in [1.807, 2.05) is 12.1 Å². The summed E-state index contributed by atoms with van der Waals surface area (Å²) in [6.07, 6.45) is 5.68. The summed E-state index contributed by atoms with van der Waals surface area (Å²) < 4.78 is 5.15. The third-order valence-corrected chi connectivity index (χ3v) is 4.65. The third-order valence-electron chi connectivity index (χ3n) is 4.65. The molecule has 0 saturated heterocycles. The fraction of sp³-hybridized carbons (Fsp3) is 0.632. The number of rotatable bonds is 6. The number of guanidine groups is 1. The molecule has 5 nitrogen and oxygen atoms in total. The monoisotopic (exact) mass is 461 g/mol. The number of halogens is 1. The van der Waals surface area contributed by atoms with Crippen molar-refractivity contribution in [3.8, 4) is 11.5 Å². The molecule has 1 aliphatic carbocycles. The molecular weight excluding hydrogens is 429 g/mol. The van der Waals surface area contributed by atoms with E-state index >= 15 is 0 Å². The van der Waals surface area contributed by atoms with E-state index in [0.717, 1.165) is 24.0 Å². The van der Waals surface area contributed by atoms with Gasteiger partial charge in [0, 0.05) is 19.1 Å². The molecule has 0 amide bonds. The van der Waals surface area contributed by atoms with Crippen LogP contribution in [0.3, 0.4) is 0 Å². The van der Waals surface area contributed by atoms with E-state index < -0.39 is 0 Å². The Balaban J connectivity index is 0.00000312. The molecule has 1 fully saturated rings. The van der Waals surface area contributed by atoms with Gasteiger partial charge in [0.25, 0.3) is 0 Å². The molecule has 0 bridgehead atoms. The predicted octanol–water partition coefficient (Wildman–Crippen LogP) is 3.70. The van der Waals surface area contributed by atoms with Crippen molar-refractivity contribution in [3.05, 3.63) is 23.8 Å². The van der Waals surface area contributed by atoms with Gasteiger partial charge in [0.15, 0.2) is 17.5 Å². The molecule has 1 aromatic rings. The van der Waals surface area contributed by atoms with Crippen LogP contribution in [0.15, 0.2) is 23.2 Å². The minimum atomic E-state index is 0. The summed E-state index contributed by atoms with van der Waals surface area (Å²) in [6, 6.07) is 6.09. The van der Waals surface area contributed by atoms with E-state index in [1.165, 1.54) is 25.7 Å². The first kappa shape index (κ1) is 21.9. The number of nitrogens with zero attached hydrogens (tertiary/aromatic N) is 1. The highest BCUT2D eigenvalue weighted by atomic mass is 127. The van der Waals surface area contributed by atoms with E-state index in [0.29, 0.717) is 24.8 Å². The summed E-state index contributed by atoms with van der Waals surface area (Å²) in [5, 5.41) is 17.0. The molecule has 0 aromatic heterocycles. The third kappa shape index (κ3) is 6.92. The fourth-order valence-electron chi connectivity index (χ4n) is 3.14. The van der Waals surface area contributed by atoms with Crippen molar-refractivity contribution in [2.24, 2.45) is 10.9 Å². The first-order valence-corrected chi connectivity index (χ1v) is 9.03. The molecule has 1 aliphatic rings. The molecule has 25 heavy (non-hydrogen) atoms. The quantitative estimate of drug-likeness (QED) is 0.344. The molecule has 0 atom stereocenters. The number of ether oxygens (including phenoxy) is 1. The number of methoxy groups -OCH3 is 1. The largest absolute Gasteiger partial charge is 0.504 e. The normalized spacial score (nSPS) is 20.5. The molecule has 0 spiro atoms. The first-order valence-electron chi connectivity index (χ1n) is 9.03. The molecule has 1 aromatic carbocycles. The zero-order valence-electron chi connectivity index (χ0n) is 15.5. The van der Waals surface area contributed by atoms with E-state index in [2.05, 4.69) is 29.5 Å². The van der Waals surface area contributed by atoms with Gasteiger partial charge in [-0.3, -0.25) is 4.99 Å². The number of hydrogen-bond donors (Lipinski definition) is 3. The van der Waals surface area contributed by atoms with Crippen LogP contribution >= 0.6 is 24.0 Å². The van der Waals surface area contributed by atoms with Crippen LogP contribution < -0.4 is 15.4 Å². The number of phenolic OH excluding ortho intramolecular Hbond substituents is 1. The Morgan fingerprint density at radius 1 is 1.28 bits per heavy atom. The lowest BCUT2D eigenvalue weighted by Crippen LogP contribution is -2.44. The van der Waals surface area contributed by atoms with Gasteiger partial charge >= 0.3 is 0 Å². The minimum absolute atomic E-state index is 0.